The molecule has 0 bridgehead atoms. The Labute approximate surface area is 194 Å². The van der Waals surface area contributed by atoms with Gasteiger partial charge in [-0.2, -0.15) is 0 Å². The zero-order valence-electron chi connectivity index (χ0n) is 18.6. The first kappa shape index (κ1) is 26.6. The molecule has 0 amide bonds. The van der Waals surface area contributed by atoms with Crippen molar-refractivity contribution in [1.29, 1.82) is 0 Å². The summed E-state index contributed by atoms with van der Waals surface area (Å²) in [6.45, 7) is 5.43. The number of benzene rings is 2. The maximum Gasteiger partial charge on any atom is 0.262 e. The van der Waals surface area contributed by atoms with Crippen LogP contribution in [0.3, 0.4) is 0 Å². The van der Waals surface area contributed by atoms with Gasteiger partial charge in [-0.05, 0) is 51.2 Å². The molecule has 0 unspecified atom stereocenters. The topological polar surface area (TPSA) is 76.7 Å². The molecule has 31 heavy (non-hydrogen) atoms. The van der Waals surface area contributed by atoms with E-state index in [1.807, 2.05) is 40.1 Å². The Morgan fingerprint density at radius 1 is 1.00 bits per heavy atom. The number of aromatic amines is 1. The molecule has 2 aromatic carbocycles. The highest BCUT2D eigenvalue weighted by Gasteiger charge is 2.15. The normalized spacial score (nSPS) is 10.4. The Balaban J connectivity index is 0.00000240. The number of ether oxygens (including phenoxy) is 3. The molecule has 0 aliphatic rings. The van der Waals surface area contributed by atoms with E-state index in [9.17, 15) is 4.79 Å². The standard InChI is InChI=1S/C22H27N3O4.2ClH/c1-13-9-15(10-14(2)20(13)29-8-7-25(3)4)21-23-17-11-16(27-5)12-18(28-6)19(17)22(26)24-21;;/h9-12H,7-8H2,1-6H3,(H,23,24,26);2*1H. The molecule has 3 rings (SSSR count). The van der Waals surface area contributed by atoms with Crippen LogP contribution in [0.4, 0.5) is 0 Å². The highest BCUT2D eigenvalue weighted by atomic mass is 35.5. The van der Waals surface area contributed by atoms with E-state index >= 15 is 0 Å². The first-order valence-corrected chi connectivity index (χ1v) is 9.39. The maximum atomic E-state index is 12.7. The van der Waals surface area contributed by atoms with Crippen LogP contribution in [0.5, 0.6) is 17.2 Å². The number of hydrogen-bond acceptors (Lipinski definition) is 6. The van der Waals surface area contributed by atoms with Crippen LogP contribution in [0.2, 0.25) is 0 Å². The van der Waals surface area contributed by atoms with E-state index in [0.29, 0.717) is 34.8 Å². The Morgan fingerprint density at radius 3 is 2.19 bits per heavy atom. The van der Waals surface area contributed by atoms with Crippen LogP contribution in [-0.4, -0.2) is 56.3 Å². The minimum atomic E-state index is -0.258. The number of methoxy groups -OCH3 is 2. The molecule has 0 atom stereocenters. The van der Waals surface area contributed by atoms with Gasteiger partial charge >= 0.3 is 0 Å². The van der Waals surface area contributed by atoms with Crippen LogP contribution < -0.4 is 19.8 Å². The average molecular weight is 470 g/mol. The third kappa shape index (κ3) is 5.81. The summed E-state index contributed by atoms with van der Waals surface area (Å²) in [5.74, 6) is 2.36. The van der Waals surface area contributed by atoms with Crippen LogP contribution in [-0.2, 0) is 0 Å². The second kappa shape index (κ2) is 11.2. The number of nitrogens with one attached hydrogen (secondary N) is 1. The van der Waals surface area contributed by atoms with Crippen molar-refractivity contribution in [1.82, 2.24) is 14.9 Å². The lowest BCUT2D eigenvalue weighted by molar-refractivity contribution is 0.259. The van der Waals surface area contributed by atoms with Crippen molar-refractivity contribution < 1.29 is 14.2 Å². The number of likely N-dealkylation sites (N-methyl/N-ethyl adjacent to an activating group) is 1. The molecule has 0 aliphatic heterocycles. The fourth-order valence-corrected chi connectivity index (χ4v) is 3.27. The van der Waals surface area contributed by atoms with Gasteiger partial charge in [0, 0.05) is 24.2 Å². The van der Waals surface area contributed by atoms with Gasteiger partial charge in [-0.15, -0.1) is 24.8 Å². The van der Waals surface area contributed by atoms with E-state index < -0.39 is 0 Å². The van der Waals surface area contributed by atoms with Crippen LogP contribution in [0.25, 0.3) is 22.3 Å². The van der Waals surface area contributed by atoms with Gasteiger partial charge in [-0.3, -0.25) is 4.79 Å². The quantitative estimate of drug-likeness (QED) is 0.563. The number of fused-ring (bicyclic) bond motifs is 1. The summed E-state index contributed by atoms with van der Waals surface area (Å²) in [5.41, 5.74) is 3.06. The molecule has 0 fully saturated rings. The van der Waals surface area contributed by atoms with Crippen LogP contribution >= 0.6 is 24.8 Å². The van der Waals surface area contributed by atoms with Crippen molar-refractivity contribution in [3.05, 3.63) is 45.7 Å². The largest absolute Gasteiger partial charge is 0.497 e. The number of hydrogen-bond donors (Lipinski definition) is 1. The van der Waals surface area contributed by atoms with Crippen LogP contribution in [0.1, 0.15) is 11.1 Å². The van der Waals surface area contributed by atoms with Gasteiger partial charge in [0.25, 0.3) is 5.56 Å². The summed E-state index contributed by atoms with van der Waals surface area (Å²) >= 11 is 0. The van der Waals surface area contributed by atoms with Gasteiger partial charge in [0.15, 0.2) is 0 Å². The average Bonchev–Trinajstić information content (AvgIpc) is 2.68. The fraction of sp³-hybridized carbons (Fsp3) is 0.364. The smallest absolute Gasteiger partial charge is 0.262 e. The van der Waals surface area contributed by atoms with E-state index in [4.69, 9.17) is 14.2 Å². The number of nitrogens with zero attached hydrogens (tertiary/aromatic N) is 2. The van der Waals surface area contributed by atoms with E-state index in [0.717, 1.165) is 29.0 Å². The lowest BCUT2D eigenvalue weighted by Gasteiger charge is -2.16. The lowest BCUT2D eigenvalue weighted by atomic mass is 10.0. The molecule has 0 aliphatic carbocycles. The number of rotatable bonds is 7. The van der Waals surface area contributed by atoms with Crippen LogP contribution in [0.15, 0.2) is 29.1 Å². The monoisotopic (exact) mass is 469 g/mol. The number of H-pyrrole nitrogens is 1. The van der Waals surface area contributed by atoms with E-state index in [-0.39, 0.29) is 30.4 Å². The van der Waals surface area contributed by atoms with Gasteiger partial charge in [-0.25, -0.2) is 4.98 Å². The number of aromatic nitrogens is 2. The zero-order chi connectivity index (χ0) is 21.1. The minimum absolute atomic E-state index is 0. The van der Waals surface area contributed by atoms with E-state index in [1.165, 1.54) is 7.11 Å². The molecule has 3 aromatic rings. The maximum absolute atomic E-state index is 12.7. The van der Waals surface area contributed by atoms with Gasteiger partial charge in [-0.1, -0.05) is 0 Å². The molecule has 1 aromatic heterocycles. The molecule has 7 nitrogen and oxygen atoms in total. The minimum Gasteiger partial charge on any atom is -0.497 e. The molecule has 0 saturated carbocycles. The van der Waals surface area contributed by atoms with E-state index in [1.54, 1.807) is 19.2 Å². The highest BCUT2D eigenvalue weighted by molar-refractivity contribution is 5.87. The second-order valence-electron chi connectivity index (χ2n) is 7.23. The fourth-order valence-electron chi connectivity index (χ4n) is 3.27. The van der Waals surface area contributed by atoms with Crippen molar-refractivity contribution >= 4 is 35.7 Å². The predicted octanol–water partition coefficient (Wildman–Crippen LogP) is 4.01. The van der Waals surface area contributed by atoms with Crippen molar-refractivity contribution in [3.63, 3.8) is 0 Å². The summed E-state index contributed by atoms with van der Waals surface area (Å²) in [4.78, 5) is 22.4. The molecular weight excluding hydrogens is 441 g/mol. The van der Waals surface area contributed by atoms with Gasteiger partial charge in [0.05, 0.1) is 19.7 Å². The highest BCUT2D eigenvalue weighted by Crippen LogP contribution is 2.31. The third-order valence-electron chi connectivity index (χ3n) is 4.72. The van der Waals surface area contributed by atoms with Crippen molar-refractivity contribution in [2.24, 2.45) is 0 Å². The van der Waals surface area contributed by atoms with Crippen LogP contribution in [0, 0.1) is 13.8 Å². The molecule has 170 valence electrons. The second-order valence-corrected chi connectivity index (χ2v) is 7.23. The SMILES string of the molecule is COc1cc(OC)c2c(=O)[nH]c(-c3cc(C)c(OCCN(C)C)c(C)c3)nc2c1.Cl.Cl. The molecule has 1 heterocycles. The van der Waals surface area contributed by atoms with Gasteiger partial charge < -0.3 is 24.1 Å². The Kier molecular flexibility index (Phi) is 9.62. The molecule has 0 spiro atoms. The molecule has 9 heteroatoms. The summed E-state index contributed by atoms with van der Waals surface area (Å²) in [6, 6.07) is 7.35. The Morgan fingerprint density at radius 2 is 1.65 bits per heavy atom. The molecule has 0 saturated heterocycles. The third-order valence-corrected chi connectivity index (χ3v) is 4.72. The first-order valence-electron chi connectivity index (χ1n) is 9.39. The Hall–Kier alpha value is -2.48. The summed E-state index contributed by atoms with van der Waals surface area (Å²) in [7, 11) is 7.11. The lowest BCUT2D eigenvalue weighted by Crippen LogP contribution is -2.20. The molecular formula is C22H29Cl2N3O4. The zero-order valence-corrected chi connectivity index (χ0v) is 20.2. The van der Waals surface area contributed by atoms with Gasteiger partial charge in [0.2, 0.25) is 0 Å². The van der Waals surface area contributed by atoms with Crippen molar-refractivity contribution in [2.75, 3.05) is 41.5 Å². The van der Waals surface area contributed by atoms with Gasteiger partial charge in [0.1, 0.15) is 35.1 Å². The summed E-state index contributed by atoms with van der Waals surface area (Å²) in [5, 5.41) is 0.397. The summed E-state index contributed by atoms with van der Waals surface area (Å²) < 4.78 is 16.6. The van der Waals surface area contributed by atoms with Crippen molar-refractivity contribution in [2.45, 2.75) is 13.8 Å². The first-order chi connectivity index (χ1) is 13.8. The van der Waals surface area contributed by atoms with E-state index in [2.05, 4.69) is 14.9 Å². The summed E-state index contributed by atoms with van der Waals surface area (Å²) in [6.07, 6.45) is 0. The Bertz CT molecular complexity index is 1080. The number of halogens is 2. The molecule has 0 radical (unpaired) electrons. The predicted molar refractivity (Wildman–Crippen MR) is 129 cm³/mol. The van der Waals surface area contributed by atoms with Crippen molar-refractivity contribution in [3.8, 4) is 28.6 Å². The molecule has 1 N–H and O–H groups in total. The number of aryl methyl sites for hydroxylation is 2.